The number of hydrogen-bond donors (Lipinski definition) is 2. The Balaban J connectivity index is 1.28. The molecule has 4 atom stereocenters. The number of rotatable bonds is 2. The molecule has 4 aliphatic carbocycles. The average molecular weight is 302 g/mol. The van der Waals surface area contributed by atoms with Crippen LogP contribution in [0.25, 0.3) is 0 Å². The van der Waals surface area contributed by atoms with Crippen LogP contribution in [0.2, 0.25) is 0 Å². The Bertz CT molecular complexity index is 518. The highest BCUT2D eigenvalue weighted by atomic mass is 16.2. The van der Waals surface area contributed by atoms with E-state index in [1.807, 2.05) is 0 Å². The molecule has 0 aromatic heterocycles. The third-order valence-electron chi connectivity index (χ3n) is 5.83. The summed E-state index contributed by atoms with van der Waals surface area (Å²) < 4.78 is 0. The molecular weight excluding hydrogens is 280 g/mol. The van der Waals surface area contributed by atoms with Crippen molar-refractivity contribution in [1.29, 1.82) is 0 Å². The Hall–Kier alpha value is -1.72. The molecule has 0 aliphatic heterocycles. The Kier molecular flexibility index (Phi) is 3.47. The molecule has 2 amide bonds. The minimum atomic E-state index is -0.720. The molecule has 0 radical (unpaired) electrons. The van der Waals surface area contributed by atoms with Crippen LogP contribution in [0.1, 0.15) is 51.4 Å². The average Bonchev–Trinajstić information content (AvgIpc) is 3.30. The molecule has 0 unspecified atom stereocenters. The van der Waals surface area contributed by atoms with Crippen LogP contribution in [0.3, 0.4) is 0 Å². The maximum absolute atomic E-state index is 11.8. The van der Waals surface area contributed by atoms with E-state index < -0.39 is 11.8 Å². The van der Waals surface area contributed by atoms with Crippen molar-refractivity contribution < 1.29 is 9.59 Å². The summed E-state index contributed by atoms with van der Waals surface area (Å²) in [6.45, 7) is 0. The van der Waals surface area contributed by atoms with Crippen molar-refractivity contribution in [2.24, 2.45) is 33.9 Å². The van der Waals surface area contributed by atoms with E-state index in [1.165, 1.54) is 38.5 Å². The lowest BCUT2D eigenvalue weighted by atomic mass is 9.99. The van der Waals surface area contributed by atoms with Crippen molar-refractivity contribution in [2.45, 2.75) is 51.4 Å². The Morgan fingerprint density at radius 3 is 1.55 bits per heavy atom. The van der Waals surface area contributed by atoms with Crippen LogP contribution in [0, 0.1) is 23.7 Å². The van der Waals surface area contributed by atoms with Gasteiger partial charge in [0.2, 0.25) is 0 Å². The second kappa shape index (κ2) is 5.48. The van der Waals surface area contributed by atoms with Gasteiger partial charge in [-0.25, -0.2) is 10.9 Å². The van der Waals surface area contributed by atoms with Gasteiger partial charge in [-0.3, -0.25) is 9.59 Å². The fraction of sp³-hybridized carbons (Fsp3) is 0.750. The Labute approximate surface area is 129 Å². The normalized spacial score (nSPS) is 38.9. The zero-order valence-electron chi connectivity index (χ0n) is 12.7. The molecule has 118 valence electrons. The number of carbonyl (C=O) groups excluding carboxylic acids is 2. The summed E-state index contributed by atoms with van der Waals surface area (Å²) >= 11 is 0. The van der Waals surface area contributed by atoms with Gasteiger partial charge in [-0.2, -0.15) is 10.2 Å². The first kappa shape index (κ1) is 13.9. The lowest BCUT2D eigenvalue weighted by molar-refractivity contribution is -0.139. The van der Waals surface area contributed by atoms with Crippen LogP contribution < -0.4 is 10.9 Å². The van der Waals surface area contributed by atoms with Gasteiger partial charge in [-0.1, -0.05) is 0 Å². The van der Waals surface area contributed by atoms with Crippen LogP contribution >= 0.6 is 0 Å². The quantitative estimate of drug-likeness (QED) is 0.599. The lowest BCUT2D eigenvalue weighted by Gasteiger charge is -2.12. The molecule has 4 saturated carbocycles. The van der Waals surface area contributed by atoms with Gasteiger partial charge in [0.15, 0.2) is 0 Å². The van der Waals surface area contributed by atoms with E-state index in [-0.39, 0.29) is 0 Å². The summed E-state index contributed by atoms with van der Waals surface area (Å²) in [7, 11) is 0. The third kappa shape index (κ3) is 2.55. The summed E-state index contributed by atoms with van der Waals surface area (Å²) in [5.41, 5.74) is 6.88. The number of amides is 2. The second-order valence-electron chi connectivity index (χ2n) is 7.25. The van der Waals surface area contributed by atoms with Crippen LogP contribution in [-0.4, -0.2) is 23.2 Å². The number of nitrogens with one attached hydrogen (secondary N) is 2. The highest BCUT2D eigenvalue weighted by molar-refractivity contribution is 6.35. The summed E-state index contributed by atoms with van der Waals surface area (Å²) in [5.74, 6) is 1.06. The summed E-state index contributed by atoms with van der Waals surface area (Å²) in [4.78, 5) is 23.5. The molecule has 0 heterocycles. The number of nitrogens with zero attached hydrogens (tertiary/aromatic N) is 2. The standard InChI is InChI=1S/C16H22N4O2/c21-15(19-17-13-7-9-1-3-11(13)5-9)16(22)20-18-14-8-10-2-4-12(14)6-10/h9-12H,1-8H2,(H,19,21)(H,20,22)/b17-13-,18-14-/t9-,10-,11-,12-/m0/s1. The van der Waals surface area contributed by atoms with Gasteiger partial charge >= 0.3 is 11.8 Å². The number of carbonyl (C=O) groups is 2. The Morgan fingerprint density at radius 2 is 1.23 bits per heavy atom. The monoisotopic (exact) mass is 302 g/mol. The molecule has 4 aliphatic rings. The smallest absolute Gasteiger partial charge is 0.262 e. The van der Waals surface area contributed by atoms with E-state index in [0.29, 0.717) is 11.8 Å². The number of hydrogen-bond acceptors (Lipinski definition) is 4. The summed E-state index contributed by atoms with van der Waals surface area (Å²) in [5, 5.41) is 8.31. The highest BCUT2D eigenvalue weighted by Gasteiger charge is 2.37. The molecule has 2 N–H and O–H groups in total. The topological polar surface area (TPSA) is 82.9 Å². The van der Waals surface area contributed by atoms with Gasteiger partial charge in [0.05, 0.1) is 0 Å². The molecule has 0 spiro atoms. The van der Waals surface area contributed by atoms with Crippen LogP contribution in [0.15, 0.2) is 10.2 Å². The lowest BCUT2D eigenvalue weighted by Crippen LogP contribution is -2.36. The maximum atomic E-state index is 11.8. The van der Waals surface area contributed by atoms with Crippen molar-refractivity contribution in [3.63, 3.8) is 0 Å². The van der Waals surface area contributed by atoms with Gasteiger partial charge in [-0.05, 0) is 75.0 Å². The van der Waals surface area contributed by atoms with E-state index in [0.717, 1.165) is 36.1 Å². The minimum absolute atomic E-state index is 0.516. The number of fused-ring (bicyclic) bond motifs is 4. The molecule has 0 aromatic rings. The van der Waals surface area contributed by atoms with E-state index in [4.69, 9.17) is 0 Å². The molecular formula is C16H22N4O2. The Morgan fingerprint density at radius 1 is 0.773 bits per heavy atom. The van der Waals surface area contributed by atoms with Gasteiger partial charge in [0, 0.05) is 11.4 Å². The summed E-state index contributed by atoms with van der Waals surface area (Å²) in [6, 6.07) is 0. The van der Waals surface area contributed by atoms with Crippen molar-refractivity contribution >= 4 is 23.2 Å². The zero-order valence-corrected chi connectivity index (χ0v) is 12.7. The van der Waals surface area contributed by atoms with Crippen molar-refractivity contribution in [1.82, 2.24) is 10.9 Å². The van der Waals surface area contributed by atoms with E-state index in [9.17, 15) is 9.59 Å². The fourth-order valence-electron chi connectivity index (χ4n) is 4.67. The minimum Gasteiger partial charge on any atom is -0.262 e. The van der Waals surface area contributed by atoms with Gasteiger partial charge in [-0.15, -0.1) is 0 Å². The molecule has 22 heavy (non-hydrogen) atoms. The highest BCUT2D eigenvalue weighted by Crippen LogP contribution is 2.43. The second-order valence-corrected chi connectivity index (χ2v) is 7.25. The maximum Gasteiger partial charge on any atom is 0.331 e. The van der Waals surface area contributed by atoms with Gasteiger partial charge < -0.3 is 0 Å². The van der Waals surface area contributed by atoms with Crippen LogP contribution in [-0.2, 0) is 9.59 Å². The van der Waals surface area contributed by atoms with Crippen LogP contribution in [0.5, 0.6) is 0 Å². The van der Waals surface area contributed by atoms with Gasteiger partial charge in [0.1, 0.15) is 0 Å². The van der Waals surface area contributed by atoms with E-state index in [1.54, 1.807) is 0 Å². The van der Waals surface area contributed by atoms with E-state index in [2.05, 4.69) is 21.1 Å². The molecule has 4 fully saturated rings. The molecule has 0 saturated heterocycles. The van der Waals surface area contributed by atoms with Crippen molar-refractivity contribution in [2.75, 3.05) is 0 Å². The first-order chi connectivity index (χ1) is 10.7. The molecule has 6 nitrogen and oxygen atoms in total. The molecule has 0 aromatic carbocycles. The van der Waals surface area contributed by atoms with Gasteiger partial charge in [0.25, 0.3) is 0 Å². The fourth-order valence-corrected chi connectivity index (χ4v) is 4.67. The molecule has 4 rings (SSSR count). The first-order valence-corrected chi connectivity index (χ1v) is 8.42. The first-order valence-electron chi connectivity index (χ1n) is 8.42. The zero-order chi connectivity index (χ0) is 15.1. The summed E-state index contributed by atoms with van der Waals surface area (Å²) in [6.07, 6.45) is 9.21. The molecule has 6 heteroatoms. The number of hydrazone groups is 2. The predicted molar refractivity (Wildman–Crippen MR) is 82.1 cm³/mol. The third-order valence-corrected chi connectivity index (χ3v) is 5.83. The molecule has 4 bridgehead atoms. The SMILES string of the molecule is O=C(N/N=C1/C[C@H]2CC[C@H]1C2)C(=O)N/N=C1/C[C@H]2CC[C@H]1C2. The predicted octanol–water partition coefficient (Wildman–Crippen LogP) is 1.57. The largest absolute Gasteiger partial charge is 0.331 e. The van der Waals surface area contributed by atoms with Crippen molar-refractivity contribution in [3.05, 3.63) is 0 Å². The van der Waals surface area contributed by atoms with Crippen molar-refractivity contribution in [3.8, 4) is 0 Å². The van der Waals surface area contributed by atoms with Crippen LogP contribution in [0.4, 0.5) is 0 Å². The van der Waals surface area contributed by atoms with E-state index >= 15 is 0 Å².